The molecule has 1 aromatic carbocycles. The minimum absolute atomic E-state index is 1.05. The molecular weight excluding hydrogens is 174 g/mol. The van der Waals surface area contributed by atoms with E-state index in [-0.39, 0.29) is 0 Å². The monoisotopic (exact) mass is 183 g/mol. The summed E-state index contributed by atoms with van der Waals surface area (Å²) in [5.74, 6) is 0. The summed E-state index contributed by atoms with van der Waals surface area (Å²) >= 11 is 6.39. The standard InChI is InChI=1S/C8H9NS2/c1-11-8-4-2-3-7(5-8)9-6-10/h2-6H,1H3,(H,9,10). The Hall–Kier alpha value is -0.540. The highest BCUT2D eigenvalue weighted by atomic mass is 32.2. The van der Waals surface area contributed by atoms with Crippen molar-refractivity contribution in [3.63, 3.8) is 0 Å². The first kappa shape index (κ1) is 8.56. The zero-order valence-electron chi connectivity index (χ0n) is 6.20. The number of benzene rings is 1. The van der Waals surface area contributed by atoms with Crippen molar-refractivity contribution in [3.05, 3.63) is 24.3 Å². The molecule has 1 aromatic rings. The van der Waals surface area contributed by atoms with Gasteiger partial charge in [-0.25, -0.2) is 0 Å². The van der Waals surface area contributed by atoms with Crippen molar-refractivity contribution in [2.75, 3.05) is 11.6 Å². The number of thioether (sulfide) groups is 1. The molecule has 0 saturated carbocycles. The molecule has 0 aromatic heterocycles. The van der Waals surface area contributed by atoms with Gasteiger partial charge in [0.25, 0.3) is 0 Å². The van der Waals surface area contributed by atoms with Crippen molar-refractivity contribution in [2.24, 2.45) is 0 Å². The Morgan fingerprint density at radius 2 is 2.36 bits per heavy atom. The maximum Gasteiger partial charge on any atom is 0.0658 e. The third kappa shape index (κ3) is 2.52. The van der Waals surface area contributed by atoms with E-state index in [1.165, 1.54) is 10.4 Å². The van der Waals surface area contributed by atoms with Crippen molar-refractivity contribution in [2.45, 2.75) is 4.90 Å². The number of hydrogen-bond donors (Lipinski definition) is 1. The van der Waals surface area contributed by atoms with E-state index in [0.29, 0.717) is 0 Å². The van der Waals surface area contributed by atoms with E-state index in [0.717, 1.165) is 5.69 Å². The summed E-state index contributed by atoms with van der Waals surface area (Å²) < 4.78 is 0. The first-order valence-corrected chi connectivity index (χ1v) is 4.90. The Labute approximate surface area is 76.2 Å². The van der Waals surface area contributed by atoms with Gasteiger partial charge < -0.3 is 5.32 Å². The predicted octanol–water partition coefficient (Wildman–Crippen LogP) is 2.78. The Morgan fingerprint density at radius 3 is 3.00 bits per heavy atom. The molecule has 0 aliphatic rings. The quantitative estimate of drug-likeness (QED) is 0.571. The Balaban J connectivity index is 2.82. The van der Waals surface area contributed by atoms with Crippen LogP contribution in [0.25, 0.3) is 0 Å². The average Bonchev–Trinajstić information content (AvgIpc) is 2.06. The number of thiocarbonyl (C=S) groups is 1. The predicted molar refractivity (Wildman–Crippen MR) is 55.5 cm³/mol. The molecule has 0 bridgehead atoms. The van der Waals surface area contributed by atoms with Gasteiger partial charge in [-0.15, -0.1) is 11.8 Å². The molecule has 0 heterocycles. The van der Waals surface area contributed by atoms with Crippen LogP contribution in [-0.4, -0.2) is 11.7 Å². The fourth-order valence-electron chi connectivity index (χ4n) is 0.781. The van der Waals surface area contributed by atoms with E-state index < -0.39 is 0 Å². The summed E-state index contributed by atoms with van der Waals surface area (Å²) in [6, 6.07) is 8.13. The number of anilines is 1. The maximum absolute atomic E-state index is 4.67. The highest BCUT2D eigenvalue weighted by Gasteiger charge is 1.90. The molecule has 0 saturated heterocycles. The summed E-state index contributed by atoms with van der Waals surface area (Å²) in [7, 11) is 0. The normalized spacial score (nSPS) is 9.18. The maximum atomic E-state index is 4.67. The summed E-state index contributed by atoms with van der Waals surface area (Å²) in [4.78, 5) is 1.24. The third-order valence-electron chi connectivity index (χ3n) is 1.30. The second-order valence-electron chi connectivity index (χ2n) is 1.99. The molecule has 0 aliphatic carbocycles. The van der Waals surface area contributed by atoms with E-state index >= 15 is 0 Å². The first-order valence-electron chi connectivity index (χ1n) is 3.21. The lowest BCUT2D eigenvalue weighted by molar-refractivity contribution is 1.46. The van der Waals surface area contributed by atoms with Gasteiger partial charge in [0.1, 0.15) is 0 Å². The molecule has 0 atom stereocenters. The van der Waals surface area contributed by atoms with Crippen LogP contribution in [0.2, 0.25) is 0 Å². The molecular formula is C8H9NS2. The van der Waals surface area contributed by atoms with Crippen LogP contribution in [0.1, 0.15) is 0 Å². The molecule has 0 unspecified atom stereocenters. The topological polar surface area (TPSA) is 12.0 Å². The molecule has 1 nitrogen and oxygen atoms in total. The van der Waals surface area contributed by atoms with Crippen LogP contribution >= 0.6 is 24.0 Å². The lowest BCUT2D eigenvalue weighted by Gasteiger charge is -2.00. The SMILES string of the molecule is CSc1cccc(NC=S)c1. The highest BCUT2D eigenvalue weighted by Crippen LogP contribution is 2.18. The second kappa shape index (κ2) is 4.36. The van der Waals surface area contributed by atoms with Gasteiger partial charge in [0.2, 0.25) is 0 Å². The van der Waals surface area contributed by atoms with Gasteiger partial charge in [-0.05, 0) is 24.5 Å². The largest absolute Gasteiger partial charge is 0.353 e. The summed E-state index contributed by atoms with van der Waals surface area (Å²) in [5, 5.41) is 2.96. The van der Waals surface area contributed by atoms with E-state index in [1.54, 1.807) is 11.8 Å². The lowest BCUT2D eigenvalue weighted by Crippen LogP contribution is -1.90. The van der Waals surface area contributed by atoms with E-state index in [1.807, 2.05) is 12.1 Å². The molecule has 0 aliphatic heterocycles. The van der Waals surface area contributed by atoms with Crippen molar-refractivity contribution in [3.8, 4) is 0 Å². The fraction of sp³-hybridized carbons (Fsp3) is 0.125. The molecule has 1 N–H and O–H groups in total. The molecule has 0 fully saturated rings. The molecule has 58 valence electrons. The van der Waals surface area contributed by atoms with Crippen LogP contribution in [0.3, 0.4) is 0 Å². The first-order chi connectivity index (χ1) is 5.36. The van der Waals surface area contributed by atoms with Gasteiger partial charge in [-0.1, -0.05) is 18.3 Å². The summed E-state index contributed by atoms with van der Waals surface area (Å²) in [6.07, 6.45) is 2.05. The lowest BCUT2D eigenvalue weighted by atomic mass is 10.3. The zero-order valence-corrected chi connectivity index (χ0v) is 7.84. The minimum Gasteiger partial charge on any atom is -0.353 e. The van der Waals surface area contributed by atoms with E-state index in [4.69, 9.17) is 0 Å². The molecule has 11 heavy (non-hydrogen) atoms. The van der Waals surface area contributed by atoms with Gasteiger partial charge >= 0.3 is 0 Å². The van der Waals surface area contributed by atoms with Crippen LogP contribution < -0.4 is 5.32 Å². The zero-order chi connectivity index (χ0) is 8.10. The Morgan fingerprint density at radius 1 is 1.55 bits per heavy atom. The Kier molecular flexibility index (Phi) is 3.39. The summed E-state index contributed by atoms with van der Waals surface area (Å²) in [5.41, 5.74) is 2.56. The fourth-order valence-corrected chi connectivity index (χ4v) is 1.38. The van der Waals surface area contributed by atoms with Crippen LogP contribution in [0.4, 0.5) is 5.69 Å². The third-order valence-corrected chi connectivity index (χ3v) is 2.14. The van der Waals surface area contributed by atoms with Crippen LogP contribution in [0.5, 0.6) is 0 Å². The van der Waals surface area contributed by atoms with Gasteiger partial charge in [0.15, 0.2) is 0 Å². The van der Waals surface area contributed by atoms with Crippen molar-refractivity contribution >= 4 is 35.2 Å². The van der Waals surface area contributed by atoms with Crippen LogP contribution in [-0.2, 0) is 0 Å². The van der Waals surface area contributed by atoms with Gasteiger partial charge in [0.05, 0.1) is 5.49 Å². The van der Waals surface area contributed by atoms with Gasteiger partial charge in [0, 0.05) is 10.6 Å². The van der Waals surface area contributed by atoms with Crippen molar-refractivity contribution < 1.29 is 0 Å². The highest BCUT2D eigenvalue weighted by molar-refractivity contribution is 7.98. The molecule has 0 amide bonds. The van der Waals surface area contributed by atoms with E-state index in [9.17, 15) is 0 Å². The minimum atomic E-state index is 1.05. The van der Waals surface area contributed by atoms with E-state index in [2.05, 4.69) is 35.9 Å². The number of hydrogen-bond acceptors (Lipinski definition) is 2. The number of rotatable bonds is 3. The molecule has 3 heteroatoms. The number of nitrogens with one attached hydrogen (secondary N) is 1. The summed E-state index contributed by atoms with van der Waals surface area (Å²) in [6.45, 7) is 0. The average molecular weight is 183 g/mol. The van der Waals surface area contributed by atoms with Crippen LogP contribution in [0, 0.1) is 0 Å². The molecule has 0 spiro atoms. The second-order valence-corrected chi connectivity index (χ2v) is 3.11. The Bertz CT molecular complexity index is 248. The molecule has 1 rings (SSSR count). The van der Waals surface area contributed by atoms with Crippen molar-refractivity contribution in [1.82, 2.24) is 0 Å². The van der Waals surface area contributed by atoms with Gasteiger partial charge in [-0.2, -0.15) is 0 Å². The smallest absolute Gasteiger partial charge is 0.0658 e. The van der Waals surface area contributed by atoms with Crippen molar-refractivity contribution in [1.29, 1.82) is 0 Å². The van der Waals surface area contributed by atoms with Crippen LogP contribution in [0.15, 0.2) is 29.2 Å². The molecule has 0 radical (unpaired) electrons. The van der Waals surface area contributed by atoms with Gasteiger partial charge in [-0.3, -0.25) is 0 Å².